The Bertz CT molecular complexity index is 614. The van der Waals surface area contributed by atoms with Gasteiger partial charge in [-0.3, -0.25) is 4.79 Å². The van der Waals surface area contributed by atoms with Crippen LogP contribution in [0.3, 0.4) is 0 Å². The van der Waals surface area contributed by atoms with Crippen molar-refractivity contribution in [3.05, 3.63) is 35.0 Å². The Labute approximate surface area is 133 Å². The lowest BCUT2D eigenvalue weighted by atomic mass is 10.1. The summed E-state index contributed by atoms with van der Waals surface area (Å²) in [6, 6.07) is 5.33. The van der Waals surface area contributed by atoms with Crippen molar-refractivity contribution in [1.82, 2.24) is 10.3 Å². The number of hydrogen-bond donors (Lipinski definition) is 3. The van der Waals surface area contributed by atoms with Gasteiger partial charge in [-0.25, -0.2) is 0 Å². The van der Waals surface area contributed by atoms with Crippen LogP contribution in [0.25, 0.3) is 10.9 Å². The Kier molecular flexibility index (Phi) is 5.96. The number of aromatic amines is 1. The molecule has 0 saturated carbocycles. The zero-order valence-corrected chi connectivity index (χ0v) is 13.6. The van der Waals surface area contributed by atoms with Gasteiger partial charge in [0, 0.05) is 28.7 Å². The van der Waals surface area contributed by atoms with E-state index >= 15 is 0 Å². The molecule has 1 amide bonds. The quantitative estimate of drug-likeness (QED) is 0.732. The van der Waals surface area contributed by atoms with E-state index in [1.165, 1.54) is 0 Å². The first-order valence-electron chi connectivity index (χ1n) is 6.89. The number of rotatable bonds is 7. The summed E-state index contributed by atoms with van der Waals surface area (Å²) < 4.78 is 0. The number of hydrogen-bond acceptors (Lipinski definition) is 3. The predicted molar refractivity (Wildman–Crippen MR) is 91.0 cm³/mol. The number of nitrogens with two attached hydrogens (primary N) is 1. The number of carbonyl (C=O) groups excluding carboxylic acids is 1. The maximum Gasteiger partial charge on any atom is 0.236 e. The van der Waals surface area contributed by atoms with Gasteiger partial charge in [0.25, 0.3) is 0 Å². The van der Waals surface area contributed by atoms with Gasteiger partial charge in [-0.05, 0) is 48.6 Å². The van der Waals surface area contributed by atoms with Crippen LogP contribution in [0.5, 0.6) is 0 Å². The molecule has 0 bridgehead atoms. The largest absolute Gasteiger partial charge is 0.361 e. The van der Waals surface area contributed by atoms with E-state index in [9.17, 15) is 4.79 Å². The number of amides is 1. The van der Waals surface area contributed by atoms with Gasteiger partial charge in [0.15, 0.2) is 0 Å². The minimum atomic E-state index is -0.421. The van der Waals surface area contributed by atoms with Gasteiger partial charge in [0.2, 0.25) is 5.91 Å². The molecule has 0 aliphatic rings. The third-order valence-corrected chi connectivity index (χ3v) is 4.27. The van der Waals surface area contributed by atoms with Crippen LogP contribution in [0.4, 0.5) is 0 Å². The Morgan fingerprint density at radius 2 is 2.33 bits per heavy atom. The van der Waals surface area contributed by atoms with Gasteiger partial charge in [-0.15, -0.1) is 0 Å². The molecule has 0 fully saturated rings. The summed E-state index contributed by atoms with van der Waals surface area (Å²) >= 11 is 7.72. The number of benzene rings is 1. The minimum Gasteiger partial charge on any atom is -0.361 e. The molecular weight excluding hydrogens is 306 g/mol. The fraction of sp³-hybridized carbons (Fsp3) is 0.400. The first-order valence-corrected chi connectivity index (χ1v) is 8.66. The van der Waals surface area contributed by atoms with Gasteiger partial charge in [0.05, 0.1) is 6.04 Å². The standard InChI is InChI=1S/C15H20ClN3OS/c1-21-7-5-13(17)15(20)18-6-4-10-9-19-14-3-2-11(16)8-12(10)14/h2-3,8-9,13,19H,4-7,17H2,1H3,(H,18,20)/t13-/m0/s1. The molecule has 1 aromatic heterocycles. The summed E-state index contributed by atoms with van der Waals surface area (Å²) in [6.07, 6.45) is 5.42. The number of halogens is 1. The normalized spacial score (nSPS) is 12.5. The van der Waals surface area contributed by atoms with Crippen molar-refractivity contribution in [2.24, 2.45) is 5.73 Å². The average molecular weight is 326 g/mol. The van der Waals surface area contributed by atoms with Crippen LogP contribution in [-0.2, 0) is 11.2 Å². The van der Waals surface area contributed by atoms with Crippen LogP contribution in [0.15, 0.2) is 24.4 Å². The van der Waals surface area contributed by atoms with Gasteiger partial charge >= 0.3 is 0 Å². The summed E-state index contributed by atoms with van der Waals surface area (Å²) in [5.41, 5.74) is 8.02. The first kappa shape index (κ1) is 16.2. The van der Waals surface area contributed by atoms with E-state index in [1.54, 1.807) is 11.8 Å². The fourth-order valence-electron chi connectivity index (χ4n) is 2.18. The highest BCUT2D eigenvalue weighted by Crippen LogP contribution is 2.22. The van der Waals surface area contributed by atoms with Crippen molar-refractivity contribution in [2.45, 2.75) is 18.9 Å². The van der Waals surface area contributed by atoms with Crippen LogP contribution < -0.4 is 11.1 Å². The molecule has 0 saturated heterocycles. The Morgan fingerprint density at radius 3 is 3.10 bits per heavy atom. The molecule has 6 heteroatoms. The lowest BCUT2D eigenvalue weighted by Gasteiger charge is -2.11. The van der Waals surface area contributed by atoms with Crippen LogP contribution >= 0.6 is 23.4 Å². The molecule has 0 aliphatic heterocycles. The number of H-pyrrole nitrogens is 1. The van der Waals surface area contributed by atoms with Crippen LogP contribution in [0.1, 0.15) is 12.0 Å². The summed E-state index contributed by atoms with van der Waals surface area (Å²) in [4.78, 5) is 15.0. The molecular formula is C15H20ClN3OS. The maximum absolute atomic E-state index is 11.8. The molecule has 4 nitrogen and oxygen atoms in total. The van der Waals surface area contributed by atoms with E-state index in [4.69, 9.17) is 17.3 Å². The van der Waals surface area contributed by atoms with Crippen LogP contribution in [0.2, 0.25) is 5.02 Å². The second-order valence-corrected chi connectivity index (χ2v) is 6.35. The van der Waals surface area contributed by atoms with Gasteiger partial charge in [-0.2, -0.15) is 11.8 Å². The average Bonchev–Trinajstić information content (AvgIpc) is 2.87. The summed E-state index contributed by atoms with van der Waals surface area (Å²) in [5, 5.41) is 4.70. The zero-order chi connectivity index (χ0) is 15.2. The van der Waals surface area contributed by atoms with Gasteiger partial charge in [0.1, 0.15) is 0 Å². The van der Waals surface area contributed by atoms with Crippen molar-refractivity contribution in [2.75, 3.05) is 18.6 Å². The second kappa shape index (κ2) is 7.73. The molecule has 0 unspecified atom stereocenters. The second-order valence-electron chi connectivity index (χ2n) is 4.93. The summed E-state index contributed by atoms with van der Waals surface area (Å²) in [6.45, 7) is 0.575. The number of fused-ring (bicyclic) bond motifs is 1. The molecule has 2 aromatic rings. The summed E-state index contributed by atoms with van der Waals surface area (Å²) in [5.74, 6) is 0.817. The molecule has 1 atom stereocenters. The van der Waals surface area contributed by atoms with E-state index in [0.717, 1.165) is 28.6 Å². The van der Waals surface area contributed by atoms with E-state index < -0.39 is 6.04 Å². The van der Waals surface area contributed by atoms with Crippen molar-refractivity contribution in [1.29, 1.82) is 0 Å². The Hall–Kier alpha value is -1.17. The van der Waals surface area contributed by atoms with Crippen molar-refractivity contribution in [3.63, 3.8) is 0 Å². The molecule has 2 rings (SSSR count). The van der Waals surface area contributed by atoms with Gasteiger partial charge < -0.3 is 16.0 Å². The SMILES string of the molecule is CSCC[C@H](N)C(=O)NCCc1c[nH]c2ccc(Cl)cc12. The molecule has 0 aliphatic carbocycles. The molecule has 114 valence electrons. The van der Waals surface area contributed by atoms with Gasteiger partial charge in [-0.1, -0.05) is 11.6 Å². The maximum atomic E-state index is 11.8. The highest BCUT2D eigenvalue weighted by molar-refractivity contribution is 7.98. The third-order valence-electron chi connectivity index (χ3n) is 3.39. The first-order chi connectivity index (χ1) is 10.1. The molecule has 0 radical (unpaired) electrons. The fourth-order valence-corrected chi connectivity index (χ4v) is 2.85. The van der Waals surface area contributed by atoms with Crippen molar-refractivity contribution >= 4 is 40.2 Å². The van der Waals surface area contributed by atoms with Crippen molar-refractivity contribution in [3.8, 4) is 0 Å². The highest BCUT2D eigenvalue weighted by atomic mass is 35.5. The number of carbonyl (C=O) groups is 1. The number of thioether (sulfide) groups is 1. The van der Waals surface area contributed by atoms with E-state index in [0.29, 0.717) is 18.0 Å². The topological polar surface area (TPSA) is 70.9 Å². The van der Waals surface area contributed by atoms with E-state index in [1.807, 2.05) is 30.7 Å². The monoisotopic (exact) mass is 325 g/mol. The molecule has 1 aromatic carbocycles. The van der Waals surface area contributed by atoms with E-state index in [-0.39, 0.29) is 5.91 Å². The predicted octanol–water partition coefficient (Wildman–Crippen LogP) is 2.56. The van der Waals surface area contributed by atoms with Crippen molar-refractivity contribution < 1.29 is 4.79 Å². The minimum absolute atomic E-state index is 0.0816. The van der Waals surface area contributed by atoms with Crippen LogP contribution in [0, 0.1) is 0 Å². The smallest absolute Gasteiger partial charge is 0.236 e. The molecule has 1 heterocycles. The number of aromatic nitrogens is 1. The molecule has 0 spiro atoms. The Balaban J connectivity index is 1.87. The van der Waals surface area contributed by atoms with E-state index in [2.05, 4.69) is 10.3 Å². The van der Waals surface area contributed by atoms with Crippen LogP contribution in [-0.4, -0.2) is 35.5 Å². The summed E-state index contributed by atoms with van der Waals surface area (Å²) in [7, 11) is 0. The third kappa shape index (κ3) is 4.40. The lowest BCUT2D eigenvalue weighted by Crippen LogP contribution is -2.41. The zero-order valence-electron chi connectivity index (χ0n) is 12.0. The number of nitrogens with one attached hydrogen (secondary N) is 2. The molecule has 4 N–H and O–H groups in total. The molecule has 21 heavy (non-hydrogen) atoms. The Morgan fingerprint density at radius 1 is 1.52 bits per heavy atom. The lowest BCUT2D eigenvalue weighted by molar-refractivity contribution is -0.122. The highest BCUT2D eigenvalue weighted by Gasteiger charge is 2.12.